The molecule has 0 bridgehead atoms. The molecule has 0 aromatic rings. The Bertz CT molecular complexity index is 198. The third-order valence-electron chi connectivity index (χ3n) is 2.08. The van der Waals surface area contributed by atoms with Gasteiger partial charge in [0.15, 0.2) is 0 Å². The second-order valence-electron chi connectivity index (χ2n) is 4.37. The Balaban J connectivity index is 2.37. The van der Waals surface area contributed by atoms with Gasteiger partial charge in [-0.3, -0.25) is 0 Å². The Morgan fingerprint density at radius 1 is 1.62 bits per heavy atom. The number of hydrogen-bond acceptors (Lipinski definition) is 3. The highest BCUT2D eigenvalue weighted by atomic mass is 79.9. The second-order valence-corrected chi connectivity index (χ2v) is 5.01. The summed E-state index contributed by atoms with van der Waals surface area (Å²) in [6.07, 6.45) is 1.10. The summed E-state index contributed by atoms with van der Waals surface area (Å²) in [6, 6.07) is 0.367. The van der Waals surface area contributed by atoms with Gasteiger partial charge in [-0.25, -0.2) is 4.79 Å². The zero-order chi connectivity index (χ0) is 10.1. The smallest absolute Gasteiger partial charge is 0.330 e. The van der Waals surface area contributed by atoms with Gasteiger partial charge in [0, 0.05) is 11.9 Å². The molecule has 0 saturated carbocycles. The van der Waals surface area contributed by atoms with Crippen LogP contribution in [0.2, 0.25) is 0 Å². The van der Waals surface area contributed by atoms with Crippen molar-refractivity contribution in [1.82, 2.24) is 5.06 Å². The Kier molecular flexibility index (Phi) is 3.35. The molecule has 3 nitrogen and oxygen atoms in total. The van der Waals surface area contributed by atoms with Crippen molar-refractivity contribution in [2.45, 2.75) is 33.2 Å². The van der Waals surface area contributed by atoms with Gasteiger partial charge in [-0.1, -0.05) is 15.9 Å². The highest BCUT2D eigenvalue weighted by Gasteiger charge is 2.33. The van der Waals surface area contributed by atoms with Crippen molar-refractivity contribution in [3.8, 4) is 0 Å². The molecule has 0 amide bonds. The number of halogens is 1. The Morgan fingerprint density at radius 3 is 2.54 bits per heavy atom. The maximum absolute atomic E-state index is 11.5. The standard InChI is InChI=1S/C9H16BrNO2/c1-9(2,3)8(12)13-11-5-4-7(11)6-10/h7H,4-6H2,1-3H3. The van der Waals surface area contributed by atoms with Crippen molar-refractivity contribution in [3.05, 3.63) is 0 Å². The van der Waals surface area contributed by atoms with Crippen molar-refractivity contribution in [2.75, 3.05) is 11.9 Å². The van der Waals surface area contributed by atoms with E-state index in [-0.39, 0.29) is 5.97 Å². The van der Waals surface area contributed by atoms with Gasteiger partial charge in [0.05, 0.1) is 11.5 Å². The molecule has 0 N–H and O–H groups in total. The minimum absolute atomic E-state index is 0.154. The van der Waals surface area contributed by atoms with Crippen LogP contribution in [-0.4, -0.2) is 28.9 Å². The van der Waals surface area contributed by atoms with Crippen molar-refractivity contribution < 1.29 is 9.63 Å². The predicted octanol–water partition coefficient (Wildman–Crippen LogP) is 1.96. The average molecular weight is 250 g/mol. The molecule has 76 valence electrons. The molecule has 1 fully saturated rings. The third kappa shape index (κ3) is 2.68. The summed E-state index contributed by atoms with van der Waals surface area (Å²) < 4.78 is 0. The molecular weight excluding hydrogens is 234 g/mol. The first-order valence-corrected chi connectivity index (χ1v) is 5.62. The van der Waals surface area contributed by atoms with Crippen LogP contribution in [0.4, 0.5) is 0 Å². The van der Waals surface area contributed by atoms with E-state index < -0.39 is 5.41 Å². The van der Waals surface area contributed by atoms with Gasteiger partial charge < -0.3 is 4.84 Å². The Labute approximate surface area is 87.5 Å². The molecule has 1 rings (SSSR count). The van der Waals surface area contributed by atoms with Gasteiger partial charge in [-0.15, -0.1) is 5.06 Å². The minimum Gasteiger partial charge on any atom is -0.367 e. The number of carbonyl (C=O) groups is 1. The van der Waals surface area contributed by atoms with Crippen LogP contribution in [0, 0.1) is 5.41 Å². The van der Waals surface area contributed by atoms with E-state index >= 15 is 0 Å². The lowest BCUT2D eigenvalue weighted by Crippen LogP contribution is -2.50. The van der Waals surface area contributed by atoms with E-state index in [4.69, 9.17) is 4.84 Å². The third-order valence-corrected chi connectivity index (χ3v) is 2.83. The zero-order valence-corrected chi connectivity index (χ0v) is 9.93. The number of rotatable bonds is 2. The molecule has 1 saturated heterocycles. The summed E-state index contributed by atoms with van der Waals surface area (Å²) in [5.74, 6) is -0.154. The molecule has 0 radical (unpaired) electrons. The maximum atomic E-state index is 11.5. The van der Waals surface area contributed by atoms with E-state index in [1.54, 1.807) is 5.06 Å². The van der Waals surface area contributed by atoms with Crippen molar-refractivity contribution in [2.24, 2.45) is 5.41 Å². The lowest BCUT2D eigenvalue weighted by Gasteiger charge is -2.38. The van der Waals surface area contributed by atoms with Crippen LogP contribution in [0.5, 0.6) is 0 Å². The van der Waals surface area contributed by atoms with Gasteiger partial charge in [-0.05, 0) is 27.2 Å². The normalized spacial score (nSPS) is 23.8. The molecule has 1 aliphatic rings. The van der Waals surface area contributed by atoms with E-state index in [0.29, 0.717) is 6.04 Å². The van der Waals surface area contributed by atoms with Crippen LogP contribution in [0.1, 0.15) is 27.2 Å². The van der Waals surface area contributed by atoms with E-state index in [2.05, 4.69) is 15.9 Å². The van der Waals surface area contributed by atoms with Gasteiger partial charge in [0.2, 0.25) is 0 Å². The quantitative estimate of drug-likeness (QED) is 0.701. The SMILES string of the molecule is CC(C)(C)C(=O)ON1CCC1CBr. The molecule has 1 aliphatic heterocycles. The summed E-state index contributed by atoms with van der Waals surface area (Å²) in [5.41, 5.74) is -0.410. The highest BCUT2D eigenvalue weighted by molar-refractivity contribution is 9.09. The topological polar surface area (TPSA) is 29.5 Å². The van der Waals surface area contributed by atoms with Crippen molar-refractivity contribution in [3.63, 3.8) is 0 Å². The largest absolute Gasteiger partial charge is 0.367 e. The van der Waals surface area contributed by atoms with Crippen LogP contribution in [0.3, 0.4) is 0 Å². The molecule has 0 aromatic heterocycles. The number of nitrogens with zero attached hydrogens (tertiary/aromatic N) is 1. The van der Waals surface area contributed by atoms with E-state index in [1.165, 1.54) is 0 Å². The van der Waals surface area contributed by atoms with Crippen molar-refractivity contribution >= 4 is 21.9 Å². The van der Waals surface area contributed by atoms with Crippen LogP contribution >= 0.6 is 15.9 Å². The maximum Gasteiger partial charge on any atom is 0.330 e. The first-order chi connectivity index (χ1) is 5.95. The van der Waals surface area contributed by atoms with E-state index in [0.717, 1.165) is 18.3 Å². The summed E-state index contributed by atoms with van der Waals surface area (Å²) in [4.78, 5) is 16.7. The highest BCUT2D eigenvalue weighted by Crippen LogP contribution is 2.23. The van der Waals surface area contributed by atoms with E-state index in [9.17, 15) is 4.79 Å². The predicted molar refractivity (Wildman–Crippen MR) is 54.5 cm³/mol. The Hall–Kier alpha value is -0.0900. The lowest BCUT2D eigenvalue weighted by atomic mass is 9.97. The number of alkyl halides is 1. The summed E-state index contributed by atoms with van der Waals surface area (Å²) >= 11 is 3.37. The van der Waals surface area contributed by atoms with Crippen LogP contribution < -0.4 is 0 Å². The molecule has 1 heterocycles. The monoisotopic (exact) mass is 249 g/mol. The molecule has 1 atom stereocenters. The zero-order valence-electron chi connectivity index (χ0n) is 8.34. The molecule has 13 heavy (non-hydrogen) atoms. The molecule has 4 heteroatoms. The fraction of sp³-hybridized carbons (Fsp3) is 0.889. The number of hydrogen-bond donors (Lipinski definition) is 0. The van der Waals surface area contributed by atoms with Gasteiger partial charge in [0.25, 0.3) is 0 Å². The van der Waals surface area contributed by atoms with Crippen molar-refractivity contribution in [1.29, 1.82) is 0 Å². The van der Waals surface area contributed by atoms with E-state index in [1.807, 2.05) is 20.8 Å². The lowest BCUT2D eigenvalue weighted by molar-refractivity contribution is -0.232. The number of carbonyl (C=O) groups excluding carboxylic acids is 1. The molecule has 0 aliphatic carbocycles. The van der Waals surface area contributed by atoms with Gasteiger partial charge >= 0.3 is 5.97 Å². The summed E-state index contributed by atoms with van der Waals surface area (Å²) in [5, 5.41) is 2.62. The summed E-state index contributed by atoms with van der Waals surface area (Å²) in [6.45, 7) is 6.44. The first-order valence-electron chi connectivity index (χ1n) is 4.50. The van der Waals surface area contributed by atoms with Gasteiger partial charge in [0.1, 0.15) is 0 Å². The average Bonchev–Trinajstić information content (AvgIpc) is 1.96. The molecule has 0 aromatic carbocycles. The molecule has 0 spiro atoms. The molecule has 1 unspecified atom stereocenters. The summed E-state index contributed by atoms with van der Waals surface area (Å²) in [7, 11) is 0. The van der Waals surface area contributed by atoms with Gasteiger partial charge in [-0.2, -0.15) is 0 Å². The first kappa shape index (κ1) is 11.0. The van der Waals surface area contributed by atoms with Crippen LogP contribution in [0.25, 0.3) is 0 Å². The Morgan fingerprint density at radius 2 is 2.23 bits per heavy atom. The number of hydroxylamine groups is 2. The molecular formula is C9H16BrNO2. The fourth-order valence-corrected chi connectivity index (χ4v) is 1.58. The van der Waals surface area contributed by atoms with Crippen LogP contribution in [0.15, 0.2) is 0 Å². The minimum atomic E-state index is -0.410. The second kappa shape index (κ2) is 3.96. The van der Waals surface area contributed by atoms with Crippen LogP contribution in [-0.2, 0) is 9.63 Å². The fourth-order valence-electron chi connectivity index (χ4n) is 0.935.